The van der Waals surface area contributed by atoms with Gasteiger partial charge < -0.3 is 25.7 Å². The summed E-state index contributed by atoms with van der Waals surface area (Å²) in [5.41, 5.74) is 1.42. The molecule has 0 fully saturated rings. The molecule has 9 nitrogen and oxygen atoms in total. The van der Waals surface area contributed by atoms with Crippen molar-refractivity contribution in [3.05, 3.63) is 42.0 Å². The molecule has 9 heteroatoms. The van der Waals surface area contributed by atoms with E-state index >= 15 is 0 Å². The fourth-order valence-electron chi connectivity index (χ4n) is 2.71. The van der Waals surface area contributed by atoms with Gasteiger partial charge in [-0.2, -0.15) is 0 Å². The van der Waals surface area contributed by atoms with Crippen LogP contribution in [-0.4, -0.2) is 75.5 Å². The number of benzene rings is 1. The van der Waals surface area contributed by atoms with E-state index in [-0.39, 0.29) is 32.6 Å². The first kappa shape index (κ1) is 23.3. The van der Waals surface area contributed by atoms with Crippen LogP contribution >= 0.6 is 0 Å². The Morgan fingerprint density at radius 3 is 2.36 bits per heavy atom. The average Bonchev–Trinajstić information content (AvgIpc) is 2.64. The molecule has 0 radical (unpaired) electrons. The topological polar surface area (TPSA) is 147 Å². The molecule has 28 heavy (non-hydrogen) atoms. The van der Waals surface area contributed by atoms with E-state index in [4.69, 9.17) is 15.3 Å². The first-order chi connectivity index (χ1) is 13.2. The molecule has 0 aromatic heterocycles. The molecule has 0 heterocycles. The fourth-order valence-corrected chi connectivity index (χ4v) is 2.71. The number of carboxylic acid groups (broad SMARTS) is 3. The van der Waals surface area contributed by atoms with Gasteiger partial charge in [0.25, 0.3) is 0 Å². The Morgan fingerprint density at radius 2 is 1.79 bits per heavy atom. The van der Waals surface area contributed by atoms with Crippen LogP contribution in [0.25, 0.3) is 6.08 Å². The standard InChI is InChI=1S/C19H26N2O7/c1-2-13-5-3-4-6-14(13)16(22)12-21(9-7-17(23)24)10-8-20-15(19(27)28)11-18(25)26/h2-6,15-16,20,22H,1,7-12H2,(H,23,24)(H,25,26)(H,27,28). The summed E-state index contributed by atoms with van der Waals surface area (Å²) in [7, 11) is 0. The molecule has 1 rings (SSSR count). The molecule has 0 saturated carbocycles. The van der Waals surface area contributed by atoms with E-state index in [1.54, 1.807) is 29.2 Å². The quantitative estimate of drug-likeness (QED) is 0.307. The van der Waals surface area contributed by atoms with Crippen molar-refractivity contribution in [1.29, 1.82) is 0 Å². The molecule has 1 aromatic carbocycles. The lowest BCUT2D eigenvalue weighted by molar-refractivity contribution is -0.145. The van der Waals surface area contributed by atoms with E-state index < -0.39 is 36.5 Å². The van der Waals surface area contributed by atoms with Gasteiger partial charge in [0.05, 0.1) is 18.9 Å². The fraction of sp³-hybridized carbons (Fsp3) is 0.421. The molecular weight excluding hydrogens is 368 g/mol. The Labute approximate surface area is 162 Å². The summed E-state index contributed by atoms with van der Waals surface area (Å²) in [6, 6.07) is 5.90. The van der Waals surface area contributed by atoms with Crippen molar-refractivity contribution < 1.29 is 34.8 Å². The Bertz CT molecular complexity index is 693. The van der Waals surface area contributed by atoms with Crippen LogP contribution < -0.4 is 5.32 Å². The van der Waals surface area contributed by atoms with Crippen LogP contribution in [-0.2, 0) is 14.4 Å². The van der Waals surface area contributed by atoms with E-state index in [0.717, 1.165) is 5.56 Å². The largest absolute Gasteiger partial charge is 0.481 e. The van der Waals surface area contributed by atoms with Crippen molar-refractivity contribution in [3.63, 3.8) is 0 Å². The minimum Gasteiger partial charge on any atom is -0.481 e. The Balaban J connectivity index is 2.74. The predicted octanol–water partition coefficient (Wildman–Crippen LogP) is 0.657. The van der Waals surface area contributed by atoms with Gasteiger partial charge in [0, 0.05) is 26.2 Å². The van der Waals surface area contributed by atoms with Gasteiger partial charge in [-0.3, -0.25) is 19.3 Å². The molecule has 2 unspecified atom stereocenters. The first-order valence-electron chi connectivity index (χ1n) is 8.76. The number of aliphatic carboxylic acids is 3. The van der Waals surface area contributed by atoms with Crippen molar-refractivity contribution in [2.45, 2.75) is 25.0 Å². The third-order valence-electron chi connectivity index (χ3n) is 4.14. The van der Waals surface area contributed by atoms with Gasteiger partial charge in [0.2, 0.25) is 0 Å². The van der Waals surface area contributed by atoms with E-state index in [0.29, 0.717) is 5.56 Å². The highest BCUT2D eigenvalue weighted by Crippen LogP contribution is 2.20. The van der Waals surface area contributed by atoms with Crippen molar-refractivity contribution in [1.82, 2.24) is 10.2 Å². The van der Waals surface area contributed by atoms with Gasteiger partial charge in [-0.25, -0.2) is 0 Å². The number of nitrogens with zero attached hydrogens (tertiary/aromatic N) is 1. The molecule has 1 aromatic rings. The SMILES string of the molecule is C=Cc1ccccc1C(O)CN(CCNC(CC(=O)O)C(=O)O)CCC(=O)O. The van der Waals surface area contributed by atoms with Crippen LogP contribution in [0.3, 0.4) is 0 Å². The number of aliphatic hydroxyl groups excluding tert-OH is 1. The molecule has 0 spiro atoms. The predicted molar refractivity (Wildman–Crippen MR) is 102 cm³/mol. The second-order valence-corrected chi connectivity index (χ2v) is 6.24. The Morgan fingerprint density at radius 1 is 1.11 bits per heavy atom. The molecule has 2 atom stereocenters. The minimum absolute atomic E-state index is 0.125. The number of carbonyl (C=O) groups is 3. The molecule has 0 amide bonds. The van der Waals surface area contributed by atoms with Crippen LogP contribution in [0, 0.1) is 0 Å². The number of rotatable bonds is 14. The zero-order chi connectivity index (χ0) is 21.1. The second kappa shape index (κ2) is 11.9. The number of nitrogens with one attached hydrogen (secondary N) is 1. The number of aliphatic hydroxyl groups is 1. The number of carboxylic acids is 3. The maximum absolute atomic E-state index is 11.1. The third-order valence-corrected chi connectivity index (χ3v) is 4.14. The van der Waals surface area contributed by atoms with Gasteiger partial charge in [0.15, 0.2) is 0 Å². The first-order valence-corrected chi connectivity index (χ1v) is 8.76. The lowest BCUT2D eigenvalue weighted by Gasteiger charge is -2.26. The van der Waals surface area contributed by atoms with Gasteiger partial charge in [-0.15, -0.1) is 0 Å². The molecule has 0 saturated heterocycles. The summed E-state index contributed by atoms with van der Waals surface area (Å²) in [5, 5.41) is 39.9. The van der Waals surface area contributed by atoms with Crippen molar-refractivity contribution in [3.8, 4) is 0 Å². The van der Waals surface area contributed by atoms with Crippen LogP contribution in [0.2, 0.25) is 0 Å². The zero-order valence-corrected chi connectivity index (χ0v) is 15.5. The maximum Gasteiger partial charge on any atom is 0.321 e. The Kier molecular flexibility index (Phi) is 9.86. The highest BCUT2D eigenvalue weighted by atomic mass is 16.4. The van der Waals surface area contributed by atoms with E-state index in [1.165, 1.54) is 0 Å². The molecular formula is C19H26N2O7. The van der Waals surface area contributed by atoms with Crippen molar-refractivity contribution >= 4 is 24.0 Å². The normalized spacial score (nSPS) is 13.1. The van der Waals surface area contributed by atoms with Crippen LogP contribution in [0.15, 0.2) is 30.8 Å². The second-order valence-electron chi connectivity index (χ2n) is 6.24. The molecule has 5 N–H and O–H groups in total. The van der Waals surface area contributed by atoms with Crippen LogP contribution in [0.5, 0.6) is 0 Å². The molecule has 0 aliphatic rings. The summed E-state index contributed by atoms with van der Waals surface area (Å²) >= 11 is 0. The van der Waals surface area contributed by atoms with Crippen LogP contribution in [0.1, 0.15) is 30.1 Å². The molecule has 154 valence electrons. The van der Waals surface area contributed by atoms with Crippen LogP contribution in [0.4, 0.5) is 0 Å². The van der Waals surface area contributed by atoms with E-state index in [1.807, 2.05) is 6.07 Å². The average molecular weight is 394 g/mol. The smallest absolute Gasteiger partial charge is 0.321 e. The van der Waals surface area contributed by atoms with E-state index in [2.05, 4.69) is 11.9 Å². The third kappa shape index (κ3) is 8.30. The van der Waals surface area contributed by atoms with Crippen molar-refractivity contribution in [2.24, 2.45) is 0 Å². The summed E-state index contributed by atoms with van der Waals surface area (Å²) in [6.45, 7) is 4.36. The van der Waals surface area contributed by atoms with Gasteiger partial charge in [0.1, 0.15) is 6.04 Å². The minimum atomic E-state index is -1.28. The highest BCUT2D eigenvalue weighted by Gasteiger charge is 2.21. The Hall–Kier alpha value is -2.75. The lowest BCUT2D eigenvalue weighted by Crippen LogP contribution is -2.43. The molecule has 0 aliphatic carbocycles. The summed E-state index contributed by atoms with van der Waals surface area (Å²) in [5.74, 6) is -3.51. The summed E-state index contributed by atoms with van der Waals surface area (Å²) in [6.07, 6.45) is 0.00955. The summed E-state index contributed by atoms with van der Waals surface area (Å²) in [4.78, 5) is 34.4. The summed E-state index contributed by atoms with van der Waals surface area (Å²) < 4.78 is 0. The number of hydrogen-bond acceptors (Lipinski definition) is 6. The van der Waals surface area contributed by atoms with Gasteiger partial charge in [-0.1, -0.05) is 36.9 Å². The molecule has 0 bridgehead atoms. The van der Waals surface area contributed by atoms with Crippen molar-refractivity contribution in [2.75, 3.05) is 26.2 Å². The van der Waals surface area contributed by atoms with Gasteiger partial charge in [-0.05, 0) is 11.1 Å². The maximum atomic E-state index is 11.1. The highest BCUT2D eigenvalue weighted by molar-refractivity contribution is 5.80. The zero-order valence-electron chi connectivity index (χ0n) is 15.5. The van der Waals surface area contributed by atoms with E-state index in [9.17, 15) is 19.5 Å². The monoisotopic (exact) mass is 394 g/mol. The van der Waals surface area contributed by atoms with Gasteiger partial charge >= 0.3 is 17.9 Å². The molecule has 0 aliphatic heterocycles. The lowest BCUT2D eigenvalue weighted by atomic mass is 10.0. The number of hydrogen-bond donors (Lipinski definition) is 5.